The summed E-state index contributed by atoms with van der Waals surface area (Å²) in [4.78, 5) is 14.2. The van der Waals surface area contributed by atoms with Crippen molar-refractivity contribution in [3.8, 4) is 0 Å². The Hall–Kier alpha value is -1.20. The van der Waals surface area contributed by atoms with Gasteiger partial charge in [-0.15, -0.1) is 0 Å². The summed E-state index contributed by atoms with van der Waals surface area (Å²) in [6.45, 7) is 18.4. The zero-order valence-corrected chi connectivity index (χ0v) is 28.9. The Morgan fingerprint density at radius 3 is 2.36 bits per heavy atom. The molecule has 1 heterocycles. The van der Waals surface area contributed by atoms with Crippen molar-refractivity contribution in [2.75, 3.05) is 6.61 Å². The van der Waals surface area contributed by atoms with E-state index in [1.807, 2.05) is 30.6 Å². The average molecular weight is 643 g/mol. The number of aliphatic hydroxyl groups is 1. The van der Waals surface area contributed by atoms with Crippen LogP contribution in [0.5, 0.6) is 0 Å². The highest BCUT2D eigenvalue weighted by molar-refractivity contribution is 5.79. The topological polar surface area (TPSA) is 50.4 Å². The number of aliphatic hydroxyl groups excluding tert-OH is 1. The third kappa shape index (κ3) is 4.44. The van der Waals surface area contributed by atoms with Crippen LogP contribution in [0.3, 0.4) is 0 Å². The molecular weight excluding hydrogens is 586 g/mol. The highest BCUT2D eigenvalue weighted by Gasteiger charge is 2.69. The first kappa shape index (κ1) is 32.2. The number of carbonyl (C=O) groups is 1. The minimum atomic E-state index is -0.389. The summed E-state index contributed by atoms with van der Waals surface area (Å²) < 4.78 is 8.28. The third-order valence-electron chi connectivity index (χ3n) is 14.7. The summed E-state index contributed by atoms with van der Waals surface area (Å²) in [5.41, 5.74) is 1.74. The van der Waals surface area contributed by atoms with Gasteiger partial charge in [-0.2, -0.15) is 0 Å². The number of aromatic nitrogens is 1. The Balaban J connectivity index is 0.00000353. The maximum Gasteiger partial charge on any atom is 0.312 e. The Kier molecular flexibility index (Phi) is 8.43. The van der Waals surface area contributed by atoms with Gasteiger partial charge in [0.25, 0.3) is 0 Å². The predicted molar refractivity (Wildman–Crippen MR) is 163 cm³/mol. The van der Waals surface area contributed by atoms with E-state index in [0.717, 1.165) is 44.9 Å². The Bertz CT molecular complexity index is 1200. The molecule has 0 amide bonds. The maximum absolute atomic E-state index is 14.2. The Morgan fingerprint density at radius 1 is 0.929 bits per heavy atom. The number of ether oxygens (including phenoxy) is 1. The molecule has 0 aliphatic heterocycles. The first-order valence-corrected chi connectivity index (χ1v) is 16.8. The van der Waals surface area contributed by atoms with Gasteiger partial charge in [-0.25, -0.2) is 4.57 Å². The predicted octanol–water partition coefficient (Wildman–Crippen LogP) is 4.54. The van der Waals surface area contributed by atoms with Crippen LogP contribution in [0, 0.1) is 56.7 Å². The quantitative estimate of drug-likeness (QED) is 0.298. The number of nitrogens with zero attached hydrogens (tertiary/aromatic N) is 1. The van der Waals surface area contributed by atoms with Crippen LogP contribution in [0.25, 0.3) is 0 Å². The van der Waals surface area contributed by atoms with E-state index in [0.29, 0.717) is 36.8 Å². The highest BCUT2D eigenvalue weighted by Crippen LogP contribution is 2.75. The fourth-order valence-corrected chi connectivity index (χ4v) is 11.8. The van der Waals surface area contributed by atoms with Crippen LogP contribution in [0.15, 0.2) is 42.2 Å². The molecular formula is C37H56BrNO3. The number of carbonyl (C=O) groups excluding carboxylic acids is 1. The molecule has 4 nitrogen and oxygen atoms in total. The molecule has 234 valence electrons. The molecule has 1 N–H and O–H groups in total. The van der Waals surface area contributed by atoms with Crippen LogP contribution in [-0.2, 0) is 16.1 Å². The van der Waals surface area contributed by atoms with E-state index in [1.165, 1.54) is 12.8 Å². The van der Waals surface area contributed by atoms with Crippen LogP contribution < -0.4 is 21.5 Å². The number of hydrogen-bond acceptors (Lipinski definition) is 3. The minimum Gasteiger partial charge on any atom is -1.00 e. The molecule has 1 aromatic rings. The van der Waals surface area contributed by atoms with Crippen LogP contribution in [0.2, 0.25) is 0 Å². The fraction of sp³-hybridized carbons (Fsp3) is 0.784. The van der Waals surface area contributed by atoms with Gasteiger partial charge < -0.3 is 26.8 Å². The van der Waals surface area contributed by atoms with Gasteiger partial charge >= 0.3 is 5.97 Å². The van der Waals surface area contributed by atoms with Gasteiger partial charge in [-0.05, 0) is 109 Å². The summed E-state index contributed by atoms with van der Waals surface area (Å²) in [6, 6.07) is 6.07. The van der Waals surface area contributed by atoms with Gasteiger partial charge in [0.1, 0.15) is 0 Å². The van der Waals surface area contributed by atoms with Crippen molar-refractivity contribution in [2.45, 2.75) is 119 Å². The van der Waals surface area contributed by atoms with Crippen LogP contribution in [-0.4, -0.2) is 23.8 Å². The molecule has 5 heteroatoms. The van der Waals surface area contributed by atoms with Crippen molar-refractivity contribution < 1.29 is 36.2 Å². The largest absolute Gasteiger partial charge is 1.00 e. The maximum atomic E-state index is 14.2. The normalized spacial score (nSPS) is 45.6. The van der Waals surface area contributed by atoms with Gasteiger partial charge in [-0.3, -0.25) is 4.79 Å². The first-order chi connectivity index (χ1) is 19.3. The summed E-state index contributed by atoms with van der Waals surface area (Å²) in [7, 11) is 0. The summed E-state index contributed by atoms with van der Waals surface area (Å²) in [5, 5.41) is 11.0. The molecule has 10 atom stereocenters. The second-order valence-corrected chi connectivity index (χ2v) is 16.4. The van der Waals surface area contributed by atoms with Crippen molar-refractivity contribution in [1.29, 1.82) is 0 Å². The molecule has 4 saturated carbocycles. The number of pyridine rings is 1. The number of halogens is 1. The van der Waals surface area contributed by atoms with Crippen molar-refractivity contribution in [1.82, 2.24) is 0 Å². The van der Waals surface area contributed by atoms with Crippen LogP contribution in [0.1, 0.15) is 106 Å². The molecule has 0 radical (unpaired) electrons. The zero-order chi connectivity index (χ0) is 29.4. The van der Waals surface area contributed by atoms with E-state index in [-0.39, 0.29) is 62.0 Å². The molecule has 1 aromatic heterocycles. The average Bonchev–Trinajstić information content (AvgIpc) is 2.94. The van der Waals surface area contributed by atoms with Crippen molar-refractivity contribution in [3.05, 3.63) is 42.2 Å². The van der Waals surface area contributed by atoms with Gasteiger partial charge in [0.15, 0.2) is 25.5 Å². The number of hydrogen-bond donors (Lipinski definition) is 1. The molecule has 5 aliphatic rings. The smallest absolute Gasteiger partial charge is 0.312 e. The molecule has 0 unspecified atom stereocenters. The van der Waals surface area contributed by atoms with E-state index >= 15 is 0 Å². The molecule has 4 fully saturated rings. The van der Waals surface area contributed by atoms with Crippen molar-refractivity contribution >= 4 is 5.97 Å². The number of esters is 1. The first-order valence-electron chi connectivity index (χ1n) is 16.8. The third-order valence-corrected chi connectivity index (χ3v) is 14.7. The Labute approximate surface area is 265 Å². The summed E-state index contributed by atoms with van der Waals surface area (Å²) in [5.74, 6) is 2.60. The standard InChI is InChI=1S/C37H56NO3.BrH/c1-25-13-18-37(32(40)41-24-23-38-21-9-8-10-22-38)20-19-35(6)27(31(37)26(25)2)11-12-29-34(5)16-15-30(39)33(3,4)28(34)14-17-36(29,35)7;/h8-11,21-22,25-26,28-31,39H,12-20,23-24H2,1-7H3;1H/q+1;/p-1/t25-,26+,28+,29-,30+,31+,34+,35-,36-,37+;/m1./s1. The van der Waals surface area contributed by atoms with Gasteiger partial charge in [-0.1, -0.05) is 66.2 Å². The molecule has 5 aliphatic carbocycles. The van der Waals surface area contributed by atoms with E-state index in [2.05, 4.69) is 59.1 Å². The zero-order valence-electron chi connectivity index (χ0n) is 27.3. The molecule has 0 spiro atoms. The molecule has 0 saturated heterocycles. The monoisotopic (exact) mass is 641 g/mol. The van der Waals surface area contributed by atoms with Gasteiger partial charge in [0.2, 0.25) is 0 Å². The van der Waals surface area contributed by atoms with Gasteiger partial charge in [0.05, 0.1) is 11.5 Å². The molecule has 6 rings (SSSR count). The summed E-state index contributed by atoms with van der Waals surface area (Å²) in [6.07, 6.45) is 16.3. The van der Waals surface area contributed by atoms with Crippen LogP contribution >= 0.6 is 0 Å². The summed E-state index contributed by atoms with van der Waals surface area (Å²) >= 11 is 0. The molecule has 0 aromatic carbocycles. The van der Waals surface area contributed by atoms with Crippen LogP contribution in [0.4, 0.5) is 0 Å². The Morgan fingerprint density at radius 2 is 1.64 bits per heavy atom. The minimum absolute atomic E-state index is 0. The second kappa shape index (κ2) is 11.0. The van der Waals surface area contributed by atoms with Gasteiger partial charge in [0, 0.05) is 12.1 Å². The van der Waals surface area contributed by atoms with E-state index in [1.54, 1.807) is 5.57 Å². The lowest BCUT2D eigenvalue weighted by Gasteiger charge is -2.71. The number of rotatable bonds is 4. The highest BCUT2D eigenvalue weighted by atomic mass is 79.9. The van der Waals surface area contributed by atoms with Crippen molar-refractivity contribution in [2.24, 2.45) is 56.7 Å². The SMILES string of the molecule is C[C@H]1[C@H](C)CC[C@]2(C(=O)OCC[n+]3ccccc3)CC[C@]3(C)C(=CC[C@@H]4[C@@]5(C)CC[C@H](O)C(C)(C)[C@@H]5CC[C@]43C)[C@H]12.[Br-]. The number of allylic oxidation sites excluding steroid dienone is 2. The second-order valence-electron chi connectivity index (χ2n) is 16.4. The number of fused-ring (bicyclic) bond motifs is 7. The molecule has 0 bridgehead atoms. The van der Waals surface area contributed by atoms with E-state index in [9.17, 15) is 9.90 Å². The van der Waals surface area contributed by atoms with E-state index < -0.39 is 0 Å². The lowest BCUT2D eigenvalue weighted by molar-refractivity contribution is -0.698. The lowest BCUT2D eigenvalue weighted by atomic mass is 9.33. The molecule has 42 heavy (non-hydrogen) atoms. The lowest BCUT2D eigenvalue weighted by Crippen LogP contribution is -3.00. The van der Waals surface area contributed by atoms with E-state index in [4.69, 9.17) is 4.74 Å². The van der Waals surface area contributed by atoms with Crippen molar-refractivity contribution in [3.63, 3.8) is 0 Å². The fourth-order valence-electron chi connectivity index (χ4n) is 11.8.